The average molecular weight is 224 g/mol. The summed E-state index contributed by atoms with van der Waals surface area (Å²) in [6, 6.07) is 9.87. The molecular formula is C13H12N4. The van der Waals surface area contributed by atoms with Gasteiger partial charge in [0.2, 0.25) is 0 Å². The quantitative estimate of drug-likeness (QED) is 0.717. The van der Waals surface area contributed by atoms with E-state index in [0.29, 0.717) is 0 Å². The van der Waals surface area contributed by atoms with E-state index in [0.717, 1.165) is 17.2 Å². The van der Waals surface area contributed by atoms with Gasteiger partial charge >= 0.3 is 0 Å². The van der Waals surface area contributed by atoms with Gasteiger partial charge in [-0.15, -0.1) is 0 Å². The molecule has 0 fully saturated rings. The van der Waals surface area contributed by atoms with Gasteiger partial charge in [-0.05, 0) is 30.3 Å². The number of hydrogen-bond acceptors (Lipinski definition) is 2. The van der Waals surface area contributed by atoms with Crippen LogP contribution < -0.4 is 0 Å². The number of nitrogens with one attached hydrogen (secondary N) is 2. The predicted molar refractivity (Wildman–Crippen MR) is 64.6 cm³/mol. The highest BCUT2D eigenvalue weighted by molar-refractivity contribution is 5.30. The smallest absolute Gasteiger partial charge is 0.143 e. The van der Waals surface area contributed by atoms with E-state index in [9.17, 15) is 0 Å². The van der Waals surface area contributed by atoms with Crippen molar-refractivity contribution < 1.29 is 0 Å². The molecule has 0 spiro atoms. The van der Waals surface area contributed by atoms with Crippen molar-refractivity contribution in [3.63, 3.8) is 0 Å². The normalized spacial score (nSPS) is 10.9. The first-order valence-electron chi connectivity index (χ1n) is 5.48. The van der Waals surface area contributed by atoms with Crippen molar-refractivity contribution in [1.82, 2.24) is 19.9 Å². The van der Waals surface area contributed by atoms with Gasteiger partial charge in [0, 0.05) is 36.2 Å². The van der Waals surface area contributed by atoms with E-state index in [2.05, 4.69) is 19.9 Å². The molecule has 0 atom stereocenters. The summed E-state index contributed by atoms with van der Waals surface area (Å²) in [6.45, 7) is 0. The minimum Gasteiger partial charge on any atom is -0.364 e. The van der Waals surface area contributed by atoms with Crippen LogP contribution in [0.15, 0.2) is 55.1 Å². The summed E-state index contributed by atoms with van der Waals surface area (Å²) in [5.41, 5.74) is 2.16. The minimum absolute atomic E-state index is 0.0289. The lowest BCUT2D eigenvalue weighted by atomic mass is 10.0. The molecule has 4 heteroatoms. The first-order chi connectivity index (χ1) is 8.45. The van der Waals surface area contributed by atoms with Gasteiger partial charge < -0.3 is 9.97 Å². The monoisotopic (exact) mass is 224 g/mol. The van der Waals surface area contributed by atoms with E-state index in [1.807, 2.05) is 42.7 Å². The van der Waals surface area contributed by atoms with Gasteiger partial charge in [-0.2, -0.15) is 0 Å². The molecule has 3 heterocycles. The van der Waals surface area contributed by atoms with Crippen LogP contribution in [0.3, 0.4) is 0 Å². The van der Waals surface area contributed by atoms with E-state index in [4.69, 9.17) is 0 Å². The van der Waals surface area contributed by atoms with Gasteiger partial charge in [-0.3, -0.25) is 0 Å². The second kappa shape index (κ2) is 4.25. The molecule has 0 unspecified atom stereocenters. The Labute approximate surface area is 98.8 Å². The molecule has 0 aliphatic heterocycles. The number of H-pyrrole nitrogens is 2. The fraction of sp³-hybridized carbons (Fsp3) is 0.0769. The standard InChI is InChI=1S/C13H12N4/c1-4-10(14-6-1)12(11-5-2-7-15-11)13-16-8-3-9-17-13/h1-9,12,14-15H. The number of hydrogen-bond donors (Lipinski definition) is 2. The van der Waals surface area contributed by atoms with E-state index >= 15 is 0 Å². The number of nitrogens with zero attached hydrogens (tertiary/aromatic N) is 2. The summed E-state index contributed by atoms with van der Waals surface area (Å²) in [5, 5.41) is 0. The summed E-state index contributed by atoms with van der Waals surface area (Å²) in [4.78, 5) is 15.1. The zero-order valence-electron chi connectivity index (χ0n) is 9.17. The molecule has 0 bridgehead atoms. The Balaban J connectivity index is 2.10. The maximum atomic E-state index is 4.34. The van der Waals surface area contributed by atoms with Gasteiger partial charge in [0.15, 0.2) is 0 Å². The summed E-state index contributed by atoms with van der Waals surface area (Å²) in [7, 11) is 0. The molecule has 0 saturated heterocycles. The Bertz CT molecular complexity index is 521. The molecule has 0 aromatic carbocycles. The lowest BCUT2D eigenvalue weighted by Crippen LogP contribution is -2.08. The Hall–Kier alpha value is -2.36. The molecule has 0 saturated carbocycles. The van der Waals surface area contributed by atoms with Crippen molar-refractivity contribution in [3.8, 4) is 0 Å². The molecule has 3 rings (SSSR count). The third-order valence-corrected chi connectivity index (χ3v) is 2.71. The van der Waals surface area contributed by atoms with Crippen molar-refractivity contribution in [3.05, 3.63) is 72.3 Å². The zero-order valence-corrected chi connectivity index (χ0v) is 9.17. The largest absolute Gasteiger partial charge is 0.364 e. The number of rotatable bonds is 3. The molecule has 0 amide bonds. The van der Waals surface area contributed by atoms with E-state index in [1.54, 1.807) is 12.4 Å². The maximum Gasteiger partial charge on any atom is 0.143 e. The Morgan fingerprint density at radius 1 is 0.824 bits per heavy atom. The van der Waals surface area contributed by atoms with Gasteiger partial charge in [-0.1, -0.05) is 0 Å². The molecule has 3 aromatic rings. The Morgan fingerprint density at radius 3 is 1.88 bits per heavy atom. The summed E-state index contributed by atoms with van der Waals surface area (Å²) in [5.74, 6) is 0.818. The van der Waals surface area contributed by atoms with Gasteiger partial charge in [0.05, 0.1) is 5.92 Å². The first-order valence-corrected chi connectivity index (χ1v) is 5.48. The summed E-state index contributed by atoms with van der Waals surface area (Å²) < 4.78 is 0. The number of aromatic amines is 2. The van der Waals surface area contributed by atoms with Crippen molar-refractivity contribution in [2.75, 3.05) is 0 Å². The van der Waals surface area contributed by atoms with Crippen molar-refractivity contribution >= 4 is 0 Å². The highest BCUT2D eigenvalue weighted by Crippen LogP contribution is 2.26. The molecule has 4 nitrogen and oxygen atoms in total. The second-order valence-corrected chi connectivity index (χ2v) is 3.79. The maximum absolute atomic E-state index is 4.34. The SMILES string of the molecule is c1cnc(C(c2ccc[nH]2)c2ccc[nH]2)nc1. The molecule has 2 N–H and O–H groups in total. The van der Waals surface area contributed by atoms with Crippen LogP contribution in [0.4, 0.5) is 0 Å². The third kappa shape index (κ3) is 1.85. The minimum atomic E-state index is 0.0289. The first kappa shape index (κ1) is 9.84. The van der Waals surface area contributed by atoms with Gasteiger partial charge in [-0.25, -0.2) is 9.97 Å². The van der Waals surface area contributed by atoms with Crippen LogP contribution >= 0.6 is 0 Å². The van der Waals surface area contributed by atoms with Crippen molar-refractivity contribution in [1.29, 1.82) is 0 Å². The van der Waals surface area contributed by atoms with Gasteiger partial charge in [0.1, 0.15) is 5.82 Å². The molecule has 0 radical (unpaired) electrons. The molecular weight excluding hydrogens is 212 g/mol. The molecule has 0 aliphatic rings. The third-order valence-electron chi connectivity index (χ3n) is 2.71. The fourth-order valence-electron chi connectivity index (χ4n) is 1.95. The van der Waals surface area contributed by atoms with E-state index in [-0.39, 0.29) is 5.92 Å². The average Bonchev–Trinajstić information content (AvgIpc) is 3.04. The van der Waals surface area contributed by atoms with Crippen molar-refractivity contribution in [2.45, 2.75) is 5.92 Å². The molecule has 17 heavy (non-hydrogen) atoms. The van der Waals surface area contributed by atoms with E-state index in [1.165, 1.54) is 0 Å². The van der Waals surface area contributed by atoms with Crippen LogP contribution in [-0.4, -0.2) is 19.9 Å². The van der Waals surface area contributed by atoms with Crippen LogP contribution in [-0.2, 0) is 0 Å². The highest BCUT2D eigenvalue weighted by atomic mass is 14.9. The number of aromatic nitrogens is 4. The lowest BCUT2D eigenvalue weighted by Gasteiger charge is -2.12. The Morgan fingerprint density at radius 2 is 1.41 bits per heavy atom. The van der Waals surface area contributed by atoms with Crippen LogP contribution in [0.5, 0.6) is 0 Å². The van der Waals surface area contributed by atoms with Crippen LogP contribution in [0.2, 0.25) is 0 Å². The van der Waals surface area contributed by atoms with Crippen molar-refractivity contribution in [2.24, 2.45) is 0 Å². The highest BCUT2D eigenvalue weighted by Gasteiger charge is 2.20. The molecule has 0 aliphatic carbocycles. The predicted octanol–water partition coefficient (Wildman–Crippen LogP) is 2.31. The molecule has 84 valence electrons. The summed E-state index contributed by atoms with van der Waals surface area (Å²) >= 11 is 0. The van der Waals surface area contributed by atoms with Crippen LogP contribution in [0.1, 0.15) is 23.1 Å². The molecule has 3 aromatic heterocycles. The van der Waals surface area contributed by atoms with Gasteiger partial charge in [0.25, 0.3) is 0 Å². The Kier molecular flexibility index (Phi) is 2.46. The van der Waals surface area contributed by atoms with Crippen LogP contribution in [0.25, 0.3) is 0 Å². The lowest BCUT2D eigenvalue weighted by molar-refractivity contribution is 0.810. The summed E-state index contributed by atoms with van der Waals surface area (Å²) in [6.07, 6.45) is 7.35. The zero-order chi connectivity index (χ0) is 11.5. The topological polar surface area (TPSA) is 57.4 Å². The van der Waals surface area contributed by atoms with E-state index < -0.39 is 0 Å². The van der Waals surface area contributed by atoms with Crippen LogP contribution in [0, 0.1) is 0 Å². The fourth-order valence-corrected chi connectivity index (χ4v) is 1.95. The second-order valence-electron chi connectivity index (χ2n) is 3.79.